The Kier molecular flexibility index (Phi) is 3.13. The van der Waals surface area contributed by atoms with Crippen molar-refractivity contribution in [3.05, 3.63) is 42.0 Å². The fourth-order valence-corrected chi connectivity index (χ4v) is 2.19. The number of benzene rings is 1. The van der Waals surface area contributed by atoms with Crippen molar-refractivity contribution in [1.29, 1.82) is 0 Å². The molecule has 0 bridgehead atoms. The van der Waals surface area contributed by atoms with Gasteiger partial charge in [-0.15, -0.1) is 0 Å². The maximum Gasteiger partial charge on any atom is 0.231 e. The lowest BCUT2D eigenvalue weighted by Gasteiger charge is -2.11. The van der Waals surface area contributed by atoms with E-state index in [0.717, 1.165) is 23.6 Å². The van der Waals surface area contributed by atoms with Crippen LogP contribution in [-0.2, 0) is 13.5 Å². The van der Waals surface area contributed by atoms with Crippen LogP contribution in [0.3, 0.4) is 0 Å². The first kappa shape index (κ1) is 12.0. The molecule has 0 radical (unpaired) electrons. The third-order valence-electron chi connectivity index (χ3n) is 3.34. The normalized spacial score (nSPS) is 14.6. The number of imidazole rings is 1. The van der Waals surface area contributed by atoms with Crippen molar-refractivity contribution in [3.8, 4) is 11.5 Å². The summed E-state index contributed by atoms with van der Waals surface area (Å²) in [5, 5.41) is 10.2. The van der Waals surface area contributed by atoms with E-state index in [9.17, 15) is 5.11 Å². The Labute approximate surface area is 111 Å². The number of fused-ring (bicyclic) bond motifs is 1. The minimum atomic E-state index is -0.522. The molecule has 0 saturated heterocycles. The Bertz CT molecular complexity index is 580. The molecular formula is C14H16N2O3. The Hall–Kier alpha value is -2.01. The summed E-state index contributed by atoms with van der Waals surface area (Å²) in [6.45, 7) is 0.252. The molecule has 0 saturated carbocycles. The van der Waals surface area contributed by atoms with E-state index in [1.54, 1.807) is 6.20 Å². The zero-order valence-electron chi connectivity index (χ0n) is 10.7. The van der Waals surface area contributed by atoms with Crippen molar-refractivity contribution >= 4 is 0 Å². The average molecular weight is 260 g/mol. The van der Waals surface area contributed by atoms with Crippen LogP contribution < -0.4 is 9.47 Å². The molecule has 5 nitrogen and oxygen atoms in total. The van der Waals surface area contributed by atoms with Gasteiger partial charge in [0.2, 0.25) is 6.79 Å². The first-order chi connectivity index (χ1) is 9.24. The second-order valence-corrected chi connectivity index (χ2v) is 4.62. The molecule has 0 amide bonds. The average Bonchev–Trinajstić information content (AvgIpc) is 3.03. The lowest BCUT2D eigenvalue weighted by molar-refractivity contribution is 0.165. The number of ether oxygens (including phenoxy) is 2. The molecule has 1 unspecified atom stereocenters. The van der Waals surface area contributed by atoms with Gasteiger partial charge in [-0.05, 0) is 24.1 Å². The van der Waals surface area contributed by atoms with Crippen LogP contribution in [0.2, 0.25) is 0 Å². The van der Waals surface area contributed by atoms with Gasteiger partial charge in [0.25, 0.3) is 0 Å². The van der Waals surface area contributed by atoms with Gasteiger partial charge in [0, 0.05) is 25.9 Å². The largest absolute Gasteiger partial charge is 0.454 e. The summed E-state index contributed by atoms with van der Waals surface area (Å²) in [6, 6.07) is 5.55. The van der Waals surface area contributed by atoms with E-state index in [1.165, 1.54) is 0 Å². The molecule has 1 aliphatic rings. The summed E-state index contributed by atoms with van der Waals surface area (Å²) in [5.74, 6) is 2.41. The van der Waals surface area contributed by atoms with Crippen molar-refractivity contribution in [2.24, 2.45) is 7.05 Å². The van der Waals surface area contributed by atoms with Crippen LogP contribution in [0.5, 0.6) is 11.5 Å². The van der Waals surface area contributed by atoms with Crippen LogP contribution in [0, 0.1) is 0 Å². The highest BCUT2D eigenvalue weighted by molar-refractivity contribution is 5.45. The number of aliphatic hydroxyl groups is 1. The highest BCUT2D eigenvalue weighted by Crippen LogP contribution is 2.34. The topological polar surface area (TPSA) is 56.5 Å². The molecular weight excluding hydrogens is 244 g/mol. The molecule has 1 N–H and O–H groups in total. The van der Waals surface area contributed by atoms with E-state index in [4.69, 9.17) is 9.47 Å². The molecule has 0 aliphatic carbocycles. The summed E-state index contributed by atoms with van der Waals surface area (Å²) in [5.41, 5.74) is 0.846. The monoisotopic (exact) mass is 260 g/mol. The molecule has 0 spiro atoms. The van der Waals surface area contributed by atoms with E-state index in [-0.39, 0.29) is 6.79 Å². The highest BCUT2D eigenvalue weighted by atomic mass is 16.7. The van der Waals surface area contributed by atoms with Gasteiger partial charge in [0.15, 0.2) is 11.5 Å². The molecule has 1 aromatic heterocycles. The predicted octanol–water partition coefficient (Wildman–Crippen LogP) is 1.81. The van der Waals surface area contributed by atoms with E-state index >= 15 is 0 Å². The quantitative estimate of drug-likeness (QED) is 0.911. The molecule has 100 valence electrons. The number of aromatic nitrogens is 2. The molecule has 19 heavy (non-hydrogen) atoms. The second-order valence-electron chi connectivity index (χ2n) is 4.62. The number of hydrogen-bond acceptors (Lipinski definition) is 4. The first-order valence-corrected chi connectivity index (χ1v) is 6.28. The zero-order valence-corrected chi connectivity index (χ0v) is 10.7. The number of aliphatic hydroxyl groups excluding tert-OH is 1. The molecule has 3 rings (SSSR count). The van der Waals surface area contributed by atoms with Gasteiger partial charge >= 0.3 is 0 Å². The fourth-order valence-electron chi connectivity index (χ4n) is 2.19. The van der Waals surface area contributed by atoms with Crippen LogP contribution in [0.1, 0.15) is 23.9 Å². The second kappa shape index (κ2) is 4.93. The predicted molar refractivity (Wildman–Crippen MR) is 69.1 cm³/mol. The third-order valence-corrected chi connectivity index (χ3v) is 3.34. The third kappa shape index (κ3) is 2.42. The number of hydrogen-bond donors (Lipinski definition) is 1. The van der Waals surface area contributed by atoms with E-state index < -0.39 is 6.10 Å². The van der Waals surface area contributed by atoms with Crippen LogP contribution in [0.25, 0.3) is 0 Å². The molecule has 1 aliphatic heterocycles. The number of rotatable bonds is 4. The van der Waals surface area contributed by atoms with Gasteiger partial charge in [0.1, 0.15) is 5.82 Å². The molecule has 1 aromatic carbocycles. The lowest BCUT2D eigenvalue weighted by atomic mass is 10.0. The molecule has 2 aromatic rings. The summed E-state index contributed by atoms with van der Waals surface area (Å²) in [7, 11) is 1.95. The van der Waals surface area contributed by atoms with E-state index in [2.05, 4.69) is 4.98 Å². The maximum atomic E-state index is 10.2. The Morgan fingerprint density at radius 1 is 1.37 bits per heavy atom. The Morgan fingerprint density at radius 3 is 3.00 bits per heavy atom. The zero-order chi connectivity index (χ0) is 13.2. The SMILES string of the molecule is Cn1ccnc1CCC(O)c1ccc2c(c1)OCO2. The van der Waals surface area contributed by atoms with Crippen molar-refractivity contribution < 1.29 is 14.6 Å². The highest BCUT2D eigenvalue weighted by Gasteiger charge is 2.16. The smallest absolute Gasteiger partial charge is 0.231 e. The van der Waals surface area contributed by atoms with Gasteiger partial charge in [0.05, 0.1) is 6.10 Å². The summed E-state index contributed by atoms with van der Waals surface area (Å²) >= 11 is 0. The van der Waals surface area contributed by atoms with Crippen molar-refractivity contribution in [2.45, 2.75) is 18.9 Å². The lowest BCUT2D eigenvalue weighted by Crippen LogP contribution is -2.03. The van der Waals surface area contributed by atoms with Gasteiger partial charge in [-0.3, -0.25) is 0 Å². The summed E-state index contributed by atoms with van der Waals surface area (Å²) in [4.78, 5) is 4.25. The fraction of sp³-hybridized carbons (Fsp3) is 0.357. The Balaban J connectivity index is 1.67. The van der Waals surface area contributed by atoms with Gasteiger partial charge in [-0.1, -0.05) is 6.07 Å². The first-order valence-electron chi connectivity index (χ1n) is 6.28. The summed E-state index contributed by atoms with van der Waals surface area (Å²) < 4.78 is 12.5. The molecule has 0 fully saturated rings. The van der Waals surface area contributed by atoms with Crippen LogP contribution >= 0.6 is 0 Å². The maximum absolute atomic E-state index is 10.2. The van der Waals surface area contributed by atoms with Crippen LogP contribution in [0.15, 0.2) is 30.6 Å². The number of nitrogens with zero attached hydrogens (tertiary/aromatic N) is 2. The molecule has 2 heterocycles. The van der Waals surface area contributed by atoms with Crippen molar-refractivity contribution in [3.63, 3.8) is 0 Å². The summed E-state index contributed by atoms with van der Waals surface area (Å²) in [6.07, 6.45) is 4.51. The van der Waals surface area contributed by atoms with E-state index in [0.29, 0.717) is 12.2 Å². The van der Waals surface area contributed by atoms with Gasteiger partial charge in [-0.2, -0.15) is 0 Å². The van der Waals surface area contributed by atoms with Gasteiger partial charge in [-0.25, -0.2) is 4.98 Å². The molecule has 5 heteroatoms. The minimum absolute atomic E-state index is 0.252. The minimum Gasteiger partial charge on any atom is -0.454 e. The van der Waals surface area contributed by atoms with Crippen molar-refractivity contribution in [2.75, 3.05) is 6.79 Å². The molecule has 1 atom stereocenters. The standard InChI is InChI=1S/C14H16N2O3/c1-16-7-6-15-14(16)5-3-11(17)10-2-4-12-13(8-10)19-9-18-12/h2,4,6-8,11,17H,3,5,9H2,1H3. The van der Waals surface area contributed by atoms with Crippen molar-refractivity contribution in [1.82, 2.24) is 9.55 Å². The Morgan fingerprint density at radius 2 is 2.21 bits per heavy atom. The van der Waals surface area contributed by atoms with Crippen LogP contribution in [-0.4, -0.2) is 21.5 Å². The van der Waals surface area contributed by atoms with Gasteiger partial charge < -0.3 is 19.1 Å². The number of aryl methyl sites for hydroxylation is 2. The van der Waals surface area contributed by atoms with Crippen LogP contribution in [0.4, 0.5) is 0 Å². The van der Waals surface area contributed by atoms with E-state index in [1.807, 2.05) is 36.0 Å².